The number of imidazole rings is 1. The number of aromatic nitrogens is 2. The number of nitrogens with zero attached hydrogens (tertiary/aromatic N) is 1. The van der Waals surface area contributed by atoms with E-state index in [2.05, 4.69) is 15.3 Å². The van der Waals surface area contributed by atoms with E-state index < -0.39 is 11.6 Å². The van der Waals surface area contributed by atoms with Crippen LogP contribution in [0.15, 0.2) is 36.4 Å². The van der Waals surface area contributed by atoms with Gasteiger partial charge in [-0.05, 0) is 42.8 Å². The zero-order valence-corrected chi connectivity index (χ0v) is 10.9. The zero-order valence-electron chi connectivity index (χ0n) is 10.9. The topological polar surface area (TPSA) is 40.7 Å². The average Bonchev–Trinajstić information content (AvgIpc) is 2.79. The maximum atomic E-state index is 13.1. The average molecular weight is 273 g/mol. The predicted octanol–water partition coefficient (Wildman–Crippen LogP) is 3.76. The van der Waals surface area contributed by atoms with Gasteiger partial charge >= 0.3 is 0 Å². The van der Waals surface area contributed by atoms with Gasteiger partial charge in [-0.2, -0.15) is 0 Å². The molecule has 0 aliphatic heterocycles. The first-order valence-corrected chi connectivity index (χ1v) is 6.26. The Morgan fingerprint density at radius 3 is 2.75 bits per heavy atom. The summed E-state index contributed by atoms with van der Waals surface area (Å²) in [4.78, 5) is 7.47. The van der Waals surface area contributed by atoms with E-state index in [1.165, 1.54) is 6.07 Å². The minimum absolute atomic E-state index is 0.426. The molecule has 0 bridgehead atoms. The summed E-state index contributed by atoms with van der Waals surface area (Å²) in [6.45, 7) is 2.32. The fourth-order valence-corrected chi connectivity index (χ4v) is 2.10. The molecule has 2 N–H and O–H groups in total. The standard InChI is InChI=1S/C15H13F2N3/c1-9-19-14-5-3-11(7-15(14)20-9)18-8-10-2-4-12(16)13(17)6-10/h2-7,18H,8H2,1H3,(H,19,20). The largest absolute Gasteiger partial charge is 0.381 e. The van der Waals surface area contributed by atoms with Gasteiger partial charge < -0.3 is 10.3 Å². The van der Waals surface area contributed by atoms with Crippen molar-refractivity contribution in [2.75, 3.05) is 5.32 Å². The molecular weight excluding hydrogens is 260 g/mol. The van der Waals surface area contributed by atoms with Crippen molar-refractivity contribution in [2.45, 2.75) is 13.5 Å². The van der Waals surface area contributed by atoms with Gasteiger partial charge in [0, 0.05) is 12.2 Å². The van der Waals surface area contributed by atoms with Crippen LogP contribution < -0.4 is 5.32 Å². The lowest BCUT2D eigenvalue weighted by molar-refractivity contribution is 0.507. The summed E-state index contributed by atoms with van der Waals surface area (Å²) < 4.78 is 25.9. The first-order valence-electron chi connectivity index (χ1n) is 6.26. The molecule has 3 rings (SSSR count). The number of H-pyrrole nitrogens is 1. The third-order valence-corrected chi connectivity index (χ3v) is 3.08. The molecule has 0 aliphatic carbocycles. The number of halogens is 2. The van der Waals surface area contributed by atoms with Crippen molar-refractivity contribution in [3.05, 3.63) is 59.4 Å². The van der Waals surface area contributed by atoms with Crippen LogP contribution in [-0.4, -0.2) is 9.97 Å². The van der Waals surface area contributed by atoms with Crippen molar-refractivity contribution in [1.82, 2.24) is 9.97 Å². The summed E-state index contributed by atoms with van der Waals surface area (Å²) in [5.74, 6) is -0.801. The van der Waals surface area contributed by atoms with Gasteiger partial charge in [0.2, 0.25) is 0 Å². The molecule has 20 heavy (non-hydrogen) atoms. The minimum Gasteiger partial charge on any atom is -0.381 e. The van der Waals surface area contributed by atoms with Crippen molar-refractivity contribution in [3.8, 4) is 0 Å². The normalized spacial score (nSPS) is 10.9. The van der Waals surface area contributed by atoms with Gasteiger partial charge in [-0.3, -0.25) is 0 Å². The molecule has 1 heterocycles. The van der Waals surface area contributed by atoms with Crippen LogP contribution >= 0.6 is 0 Å². The Bertz CT molecular complexity index is 765. The highest BCUT2D eigenvalue weighted by atomic mass is 19.2. The molecule has 3 aromatic rings. The Morgan fingerprint density at radius 2 is 1.95 bits per heavy atom. The monoisotopic (exact) mass is 273 g/mol. The molecule has 5 heteroatoms. The second-order valence-corrected chi connectivity index (χ2v) is 4.66. The molecule has 0 aliphatic rings. The van der Waals surface area contributed by atoms with E-state index in [9.17, 15) is 8.78 Å². The van der Waals surface area contributed by atoms with Gasteiger partial charge in [0.05, 0.1) is 11.0 Å². The zero-order chi connectivity index (χ0) is 14.1. The van der Waals surface area contributed by atoms with Crippen molar-refractivity contribution >= 4 is 16.7 Å². The highest BCUT2D eigenvalue weighted by Crippen LogP contribution is 2.18. The van der Waals surface area contributed by atoms with Crippen LogP contribution in [0.1, 0.15) is 11.4 Å². The molecule has 3 nitrogen and oxygen atoms in total. The van der Waals surface area contributed by atoms with Gasteiger partial charge in [-0.25, -0.2) is 13.8 Å². The molecule has 0 radical (unpaired) electrons. The predicted molar refractivity (Wildman–Crippen MR) is 74.5 cm³/mol. The highest BCUT2D eigenvalue weighted by molar-refractivity contribution is 5.79. The van der Waals surface area contributed by atoms with E-state index in [4.69, 9.17) is 0 Å². The van der Waals surface area contributed by atoms with Crippen LogP contribution in [0.5, 0.6) is 0 Å². The van der Waals surface area contributed by atoms with E-state index >= 15 is 0 Å². The number of hydrogen-bond acceptors (Lipinski definition) is 2. The third kappa shape index (κ3) is 2.47. The Labute approximate surface area is 114 Å². The van der Waals surface area contributed by atoms with Crippen LogP contribution in [0.25, 0.3) is 11.0 Å². The summed E-state index contributed by atoms with van der Waals surface area (Å²) in [5, 5.41) is 3.17. The van der Waals surface area contributed by atoms with Gasteiger partial charge in [0.15, 0.2) is 11.6 Å². The number of nitrogens with one attached hydrogen (secondary N) is 2. The van der Waals surface area contributed by atoms with Crippen LogP contribution in [-0.2, 0) is 6.54 Å². The lowest BCUT2D eigenvalue weighted by Crippen LogP contribution is -2.00. The van der Waals surface area contributed by atoms with Crippen molar-refractivity contribution in [2.24, 2.45) is 0 Å². The number of rotatable bonds is 3. The Morgan fingerprint density at radius 1 is 1.10 bits per heavy atom. The number of aryl methyl sites for hydroxylation is 1. The fourth-order valence-electron chi connectivity index (χ4n) is 2.10. The second-order valence-electron chi connectivity index (χ2n) is 4.66. The summed E-state index contributed by atoms with van der Waals surface area (Å²) in [6.07, 6.45) is 0. The first kappa shape index (κ1) is 12.6. The summed E-state index contributed by atoms with van der Waals surface area (Å²) >= 11 is 0. The van der Waals surface area contributed by atoms with E-state index in [0.29, 0.717) is 12.1 Å². The minimum atomic E-state index is -0.830. The molecule has 0 amide bonds. The van der Waals surface area contributed by atoms with Gasteiger partial charge in [0.1, 0.15) is 5.82 Å². The smallest absolute Gasteiger partial charge is 0.159 e. The summed E-state index contributed by atoms with van der Waals surface area (Å²) in [5.41, 5.74) is 3.43. The maximum absolute atomic E-state index is 13.1. The molecule has 102 valence electrons. The Hall–Kier alpha value is -2.43. The first-order chi connectivity index (χ1) is 9.61. The Kier molecular flexibility index (Phi) is 3.10. The molecule has 2 aromatic carbocycles. The number of anilines is 1. The molecule has 0 saturated carbocycles. The fraction of sp³-hybridized carbons (Fsp3) is 0.133. The maximum Gasteiger partial charge on any atom is 0.159 e. The molecule has 0 spiro atoms. The van der Waals surface area contributed by atoms with E-state index in [1.807, 2.05) is 25.1 Å². The van der Waals surface area contributed by atoms with Crippen LogP contribution in [0.3, 0.4) is 0 Å². The third-order valence-electron chi connectivity index (χ3n) is 3.08. The van der Waals surface area contributed by atoms with Crippen LogP contribution in [0, 0.1) is 18.6 Å². The SMILES string of the molecule is Cc1nc2ccc(NCc3ccc(F)c(F)c3)cc2[nH]1. The van der Waals surface area contributed by atoms with E-state index in [-0.39, 0.29) is 0 Å². The van der Waals surface area contributed by atoms with Gasteiger partial charge in [0.25, 0.3) is 0 Å². The van der Waals surface area contributed by atoms with Gasteiger partial charge in [-0.15, -0.1) is 0 Å². The summed E-state index contributed by atoms with van der Waals surface area (Å²) in [7, 11) is 0. The molecule has 0 saturated heterocycles. The molecule has 0 atom stereocenters. The lowest BCUT2D eigenvalue weighted by atomic mass is 10.2. The van der Waals surface area contributed by atoms with Crippen molar-refractivity contribution < 1.29 is 8.78 Å². The molecule has 1 aromatic heterocycles. The van der Waals surface area contributed by atoms with Crippen molar-refractivity contribution in [1.29, 1.82) is 0 Å². The molecule has 0 unspecified atom stereocenters. The molecular formula is C15H13F2N3. The van der Waals surface area contributed by atoms with E-state index in [0.717, 1.165) is 28.6 Å². The van der Waals surface area contributed by atoms with Crippen LogP contribution in [0.2, 0.25) is 0 Å². The number of aromatic amines is 1. The van der Waals surface area contributed by atoms with E-state index in [1.54, 1.807) is 6.07 Å². The van der Waals surface area contributed by atoms with Crippen LogP contribution in [0.4, 0.5) is 14.5 Å². The van der Waals surface area contributed by atoms with Crippen molar-refractivity contribution in [3.63, 3.8) is 0 Å². The highest BCUT2D eigenvalue weighted by Gasteiger charge is 2.04. The summed E-state index contributed by atoms with van der Waals surface area (Å²) in [6, 6.07) is 9.64. The number of fused-ring (bicyclic) bond motifs is 1. The molecule has 0 fully saturated rings. The number of hydrogen-bond donors (Lipinski definition) is 2. The Balaban J connectivity index is 1.77. The number of benzene rings is 2. The van der Waals surface area contributed by atoms with Gasteiger partial charge in [-0.1, -0.05) is 6.07 Å². The lowest BCUT2D eigenvalue weighted by Gasteiger charge is -2.07. The second kappa shape index (κ2) is 4.92. The quantitative estimate of drug-likeness (QED) is 0.762.